The van der Waals surface area contributed by atoms with Gasteiger partial charge in [0.2, 0.25) is 5.89 Å². The summed E-state index contributed by atoms with van der Waals surface area (Å²) >= 11 is 0. The Morgan fingerprint density at radius 2 is 1.80 bits per heavy atom. The molecule has 152 valence electrons. The van der Waals surface area contributed by atoms with Crippen molar-refractivity contribution in [2.75, 3.05) is 7.11 Å². The number of pyridine rings is 1. The Kier molecular flexibility index (Phi) is 6.58. The molecule has 0 spiro atoms. The number of halogens is 1. The molecule has 0 bridgehead atoms. The van der Waals surface area contributed by atoms with E-state index in [1.807, 2.05) is 53.4 Å². The van der Waals surface area contributed by atoms with Crippen molar-refractivity contribution in [3.05, 3.63) is 94.9 Å². The second-order valence-electron chi connectivity index (χ2n) is 6.45. The average molecular weight is 469 g/mol. The van der Waals surface area contributed by atoms with Gasteiger partial charge in [-0.15, -0.1) is 17.0 Å². The zero-order chi connectivity index (χ0) is 20.2. The van der Waals surface area contributed by atoms with E-state index in [0.29, 0.717) is 18.2 Å². The third-order valence-electron chi connectivity index (χ3n) is 4.50. The molecule has 0 N–H and O–H groups in total. The lowest BCUT2D eigenvalue weighted by Gasteiger charge is -2.01. The van der Waals surface area contributed by atoms with Crippen molar-refractivity contribution in [3.63, 3.8) is 0 Å². The predicted molar refractivity (Wildman–Crippen MR) is 117 cm³/mol. The van der Waals surface area contributed by atoms with Crippen LogP contribution in [0.25, 0.3) is 22.8 Å². The molecule has 0 atom stereocenters. The fourth-order valence-corrected chi connectivity index (χ4v) is 2.98. The van der Waals surface area contributed by atoms with Crippen molar-refractivity contribution in [2.24, 2.45) is 0 Å². The Balaban J connectivity index is 0.00000256. The number of hydrogen-bond donors (Lipinski definition) is 0. The number of non-ortho nitro benzene ring substituents is 1. The molecule has 2 heterocycles. The molecule has 0 saturated carbocycles. The molecule has 0 radical (unpaired) electrons. The van der Waals surface area contributed by atoms with Gasteiger partial charge in [-0.25, -0.2) is 4.98 Å². The molecule has 0 amide bonds. The smallest absolute Gasteiger partial charge is 0.269 e. The lowest BCUT2D eigenvalue weighted by atomic mass is 10.2. The van der Waals surface area contributed by atoms with Crippen LogP contribution in [0.5, 0.6) is 5.75 Å². The summed E-state index contributed by atoms with van der Waals surface area (Å²) in [6.07, 6.45) is 5.56. The Labute approximate surface area is 183 Å². The first-order valence-electron chi connectivity index (χ1n) is 8.95. The maximum Gasteiger partial charge on any atom is 0.269 e. The third-order valence-corrected chi connectivity index (χ3v) is 4.50. The fraction of sp³-hybridized carbons (Fsp3) is 0.0909. The standard InChI is InChI=1S/C22H18N3O4.BrH/c1-28-20-10-6-17(7-11-20)21-13-23-22(29-21)18-3-2-12-24(15-18)14-16-4-8-19(9-5-16)25(26)27;/h2-13,15H,14H2,1H3;1H/q+1;. The molecule has 4 rings (SSSR count). The Bertz CT molecular complexity index is 1140. The maximum absolute atomic E-state index is 10.8. The third kappa shape index (κ3) is 4.72. The van der Waals surface area contributed by atoms with Gasteiger partial charge in [-0.1, -0.05) is 0 Å². The summed E-state index contributed by atoms with van der Waals surface area (Å²) < 4.78 is 13.1. The minimum absolute atomic E-state index is 0. The highest BCUT2D eigenvalue weighted by Crippen LogP contribution is 2.26. The molecule has 30 heavy (non-hydrogen) atoms. The van der Waals surface area contributed by atoms with Crippen LogP contribution < -0.4 is 9.30 Å². The van der Waals surface area contributed by atoms with Crippen LogP contribution in [0.2, 0.25) is 0 Å². The highest BCUT2D eigenvalue weighted by atomic mass is 79.9. The largest absolute Gasteiger partial charge is 0.497 e. The number of ether oxygens (including phenoxy) is 1. The van der Waals surface area contributed by atoms with Crippen molar-refractivity contribution < 1.29 is 18.6 Å². The summed E-state index contributed by atoms with van der Waals surface area (Å²) in [6.45, 7) is 0.581. The van der Waals surface area contributed by atoms with Crippen LogP contribution in [0, 0.1) is 10.1 Å². The Morgan fingerprint density at radius 3 is 2.47 bits per heavy atom. The molecule has 0 aliphatic rings. The summed E-state index contributed by atoms with van der Waals surface area (Å²) in [5.41, 5.74) is 2.80. The lowest BCUT2D eigenvalue weighted by Crippen LogP contribution is -2.33. The van der Waals surface area contributed by atoms with E-state index < -0.39 is 4.92 Å². The predicted octanol–water partition coefficient (Wildman–Crippen LogP) is 4.84. The molecule has 0 aliphatic heterocycles. The van der Waals surface area contributed by atoms with Gasteiger partial charge in [0, 0.05) is 29.3 Å². The van der Waals surface area contributed by atoms with Gasteiger partial charge in [-0.2, -0.15) is 4.57 Å². The van der Waals surface area contributed by atoms with E-state index in [2.05, 4.69) is 4.98 Å². The highest BCUT2D eigenvalue weighted by molar-refractivity contribution is 8.93. The summed E-state index contributed by atoms with van der Waals surface area (Å²) in [5.74, 6) is 1.98. The Morgan fingerprint density at radius 1 is 1.07 bits per heavy atom. The van der Waals surface area contributed by atoms with Crippen molar-refractivity contribution in [2.45, 2.75) is 6.54 Å². The van der Waals surface area contributed by atoms with E-state index in [1.54, 1.807) is 25.4 Å². The van der Waals surface area contributed by atoms with Crippen LogP contribution in [0.3, 0.4) is 0 Å². The van der Waals surface area contributed by atoms with E-state index in [-0.39, 0.29) is 22.7 Å². The zero-order valence-electron chi connectivity index (χ0n) is 16.1. The fourth-order valence-electron chi connectivity index (χ4n) is 2.98. The van der Waals surface area contributed by atoms with Crippen molar-refractivity contribution in [1.82, 2.24) is 4.98 Å². The molecule has 0 fully saturated rings. The Hall–Kier alpha value is -3.52. The van der Waals surface area contributed by atoms with Gasteiger partial charge in [0.05, 0.1) is 18.2 Å². The van der Waals surface area contributed by atoms with Crippen LogP contribution in [-0.4, -0.2) is 17.0 Å². The van der Waals surface area contributed by atoms with E-state index in [4.69, 9.17) is 9.15 Å². The van der Waals surface area contributed by atoms with Gasteiger partial charge in [0.15, 0.2) is 24.7 Å². The van der Waals surface area contributed by atoms with E-state index in [9.17, 15) is 10.1 Å². The molecule has 8 heteroatoms. The van der Waals surface area contributed by atoms with Crippen molar-refractivity contribution >= 4 is 22.7 Å². The van der Waals surface area contributed by atoms with E-state index in [0.717, 1.165) is 22.4 Å². The minimum atomic E-state index is -0.402. The van der Waals surface area contributed by atoms with Gasteiger partial charge in [0.1, 0.15) is 11.3 Å². The number of nitrogens with zero attached hydrogens (tertiary/aromatic N) is 3. The monoisotopic (exact) mass is 468 g/mol. The van der Waals surface area contributed by atoms with Gasteiger partial charge in [0.25, 0.3) is 5.69 Å². The number of aromatic nitrogens is 2. The number of hydrogen-bond acceptors (Lipinski definition) is 5. The zero-order valence-corrected chi connectivity index (χ0v) is 17.8. The normalized spacial score (nSPS) is 10.3. The molecular formula is C22H19BrN3O4+. The summed E-state index contributed by atoms with van der Waals surface area (Å²) in [7, 11) is 1.63. The van der Waals surface area contributed by atoms with E-state index in [1.165, 1.54) is 12.1 Å². The first-order valence-corrected chi connectivity index (χ1v) is 8.95. The second kappa shape index (κ2) is 9.32. The number of nitro groups is 1. The second-order valence-corrected chi connectivity index (χ2v) is 6.45. The number of methoxy groups -OCH3 is 1. The summed E-state index contributed by atoms with van der Waals surface area (Å²) in [4.78, 5) is 14.8. The molecule has 4 aromatic rings. The average Bonchev–Trinajstić information content (AvgIpc) is 3.25. The van der Waals surface area contributed by atoms with Gasteiger partial charge in [-0.3, -0.25) is 10.1 Å². The van der Waals surface area contributed by atoms with Crippen molar-refractivity contribution in [3.8, 4) is 28.5 Å². The van der Waals surface area contributed by atoms with Crippen LogP contribution in [0.1, 0.15) is 5.56 Å². The van der Waals surface area contributed by atoms with Crippen LogP contribution in [0.15, 0.2) is 83.7 Å². The molecule has 0 saturated heterocycles. The molecule has 0 aliphatic carbocycles. The van der Waals surface area contributed by atoms with E-state index >= 15 is 0 Å². The molecule has 0 unspecified atom stereocenters. The topological polar surface area (TPSA) is 82.3 Å². The van der Waals surface area contributed by atoms with Gasteiger partial charge >= 0.3 is 0 Å². The number of rotatable bonds is 6. The number of oxazole rings is 1. The van der Waals surface area contributed by atoms with Crippen LogP contribution >= 0.6 is 17.0 Å². The quantitative estimate of drug-likeness (QED) is 0.229. The minimum Gasteiger partial charge on any atom is -0.497 e. The van der Waals surface area contributed by atoms with Crippen LogP contribution in [0.4, 0.5) is 5.69 Å². The molecular weight excluding hydrogens is 450 g/mol. The first kappa shape index (κ1) is 21.2. The molecule has 2 aromatic heterocycles. The first-order chi connectivity index (χ1) is 14.1. The SMILES string of the molecule is Br.COc1ccc(-c2cnc(-c3ccc[n+](Cc4ccc([N+](=O)[O-])cc4)c3)o2)cc1. The number of benzene rings is 2. The summed E-state index contributed by atoms with van der Waals surface area (Å²) in [6, 6.07) is 18.0. The van der Waals surface area contributed by atoms with Crippen molar-refractivity contribution in [1.29, 1.82) is 0 Å². The van der Waals surface area contributed by atoms with Gasteiger partial charge in [-0.05, 0) is 42.5 Å². The maximum atomic E-state index is 10.8. The summed E-state index contributed by atoms with van der Waals surface area (Å²) in [5, 5.41) is 10.8. The van der Waals surface area contributed by atoms with Crippen LogP contribution in [-0.2, 0) is 6.54 Å². The number of nitro benzene ring substituents is 1. The highest BCUT2D eigenvalue weighted by Gasteiger charge is 2.13. The van der Waals surface area contributed by atoms with Gasteiger partial charge < -0.3 is 9.15 Å². The lowest BCUT2D eigenvalue weighted by molar-refractivity contribution is -0.687. The molecule has 7 nitrogen and oxygen atoms in total. The molecule has 2 aromatic carbocycles.